The van der Waals surface area contributed by atoms with Gasteiger partial charge in [0.2, 0.25) is 5.91 Å². The molecule has 2 unspecified atom stereocenters. The molecular formula is C16H22N2O3. The van der Waals surface area contributed by atoms with Crippen LogP contribution in [0.3, 0.4) is 0 Å². The van der Waals surface area contributed by atoms with E-state index in [0.29, 0.717) is 5.56 Å². The number of carbonyl (C=O) groups is 2. The van der Waals surface area contributed by atoms with Crippen molar-refractivity contribution in [2.24, 2.45) is 5.92 Å². The Bertz CT molecular complexity index is 516. The van der Waals surface area contributed by atoms with Gasteiger partial charge in [-0.15, -0.1) is 0 Å². The minimum Gasteiger partial charge on any atom is -0.396 e. The van der Waals surface area contributed by atoms with Crippen LogP contribution in [0.5, 0.6) is 0 Å². The van der Waals surface area contributed by atoms with Gasteiger partial charge in [-0.2, -0.15) is 0 Å². The molecular weight excluding hydrogens is 268 g/mol. The maximum Gasteiger partial charge on any atom is 0.251 e. The topological polar surface area (TPSA) is 78.4 Å². The largest absolute Gasteiger partial charge is 0.396 e. The number of aryl methyl sites for hydroxylation is 1. The lowest BCUT2D eigenvalue weighted by atomic mass is 10.1. The minimum absolute atomic E-state index is 0.0263. The smallest absolute Gasteiger partial charge is 0.251 e. The highest BCUT2D eigenvalue weighted by Crippen LogP contribution is 2.24. The highest BCUT2D eigenvalue weighted by Gasteiger charge is 2.27. The van der Waals surface area contributed by atoms with Gasteiger partial charge >= 0.3 is 0 Å². The van der Waals surface area contributed by atoms with Gasteiger partial charge in [0.15, 0.2) is 0 Å². The monoisotopic (exact) mass is 290 g/mol. The molecule has 2 amide bonds. The predicted octanol–water partition coefficient (Wildman–Crippen LogP) is 1.00. The fourth-order valence-electron chi connectivity index (χ4n) is 2.75. The SMILES string of the molecule is Cc1cccc(C(=O)NCC(=O)NC2CCCC2CO)c1. The van der Waals surface area contributed by atoms with Gasteiger partial charge in [0, 0.05) is 24.1 Å². The Kier molecular flexibility index (Phi) is 5.33. The van der Waals surface area contributed by atoms with Crippen molar-refractivity contribution in [1.29, 1.82) is 0 Å². The number of aliphatic hydroxyl groups is 1. The van der Waals surface area contributed by atoms with Crippen LogP contribution < -0.4 is 10.6 Å². The van der Waals surface area contributed by atoms with Crippen molar-refractivity contribution >= 4 is 11.8 Å². The zero-order valence-corrected chi connectivity index (χ0v) is 12.3. The van der Waals surface area contributed by atoms with E-state index in [1.807, 2.05) is 19.1 Å². The molecule has 1 saturated carbocycles. The summed E-state index contributed by atoms with van der Waals surface area (Å²) in [5.74, 6) is -0.318. The Labute approximate surface area is 124 Å². The molecule has 1 aromatic rings. The van der Waals surface area contributed by atoms with Gasteiger partial charge in [0.05, 0.1) is 6.54 Å². The first-order chi connectivity index (χ1) is 10.1. The summed E-state index contributed by atoms with van der Waals surface area (Å²) in [6, 6.07) is 7.26. The summed E-state index contributed by atoms with van der Waals surface area (Å²) in [6.45, 7) is 1.97. The van der Waals surface area contributed by atoms with Gasteiger partial charge in [-0.05, 0) is 31.9 Å². The van der Waals surface area contributed by atoms with E-state index in [2.05, 4.69) is 10.6 Å². The minimum atomic E-state index is -0.251. The molecule has 21 heavy (non-hydrogen) atoms. The van der Waals surface area contributed by atoms with Crippen LogP contribution in [-0.4, -0.2) is 36.1 Å². The van der Waals surface area contributed by atoms with E-state index >= 15 is 0 Å². The number of hydrogen-bond acceptors (Lipinski definition) is 3. The van der Waals surface area contributed by atoms with Crippen LogP contribution in [0.4, 0.5) is 0 Å². The number of nitrogens with one attached hydrogen (secondary N) is 2. The summed E-state index contributed by atoms with van der Waals surface area (Å²) in [5, 5.41) is 14.7. The fraction of sp³-hybridized carbons (Fsp3) is 0.500. The summed E-state index contributed by atoms with van der Waals surface area (Å²) in [6.07, 6.45) is 2.85. The van der Waals surface area contributed by atoms with E-state index < -0.39 is 0 Å². The van der Waals surface area contributed by atoms with Crippen molar-refractivity contribution in [1.82, 2.24) is 10.6 Å². The highest BCUT2D eigenvalue weighted by atomic mass is 16.3. The second-order valence-corrected chi connectivity index (χ2v) is 5.60. The third-order valence-electron chi connectivity index (χ3n) is 3.93. The van der Waals surface area contributed by atoms with Crippen LogP contribution in [0.2, 0.25) is 0 Å². The number of rotatable bonds is 5. The summed E-state index contributed by atoms with van der Waals surface area (Å²) in [4.78, 5) is 23.8. The molecule has 1 aliphatic carbocycles. The predicted molar refractivity (Wildman–Crippen MR) is 79.9 cm³/mol. The van der Waals surface area contributed by atoms with Gasteiger partial charge < -0.3 is 15.7 Å². The van der Waals surface area contributed by atoms with Crippen molar-refractivity contribution in [2.75, 3.05) is 13.2 Å². The molecule has 2 rings (SSSR count). The van der Waals surface area contributed by atoms with E-state index in [1.54, 1.807) is 12.1 Å². The summed E-state index contributed by atoms with van der Waals surface area (Å²) in [7, 11) is 0. The van der Waals surface area contributed by atoms with E-state index in [1.165, 1.54) is 0 Å². The fourth-order valence-corrected chi connectivity index (χ4v) is 2.75. The molecule has 0 bridgehead atoms. The van der Waals surface area contributed by atoms with Gasteiger partial charge in [-0.1, -0.05) is 24.1 Å². The van der Waals surface area contributed by atoms with Crippen molar-refractivity contribution in [3.05, 3.63) is 35.4 Å². The Morgan fingerprint density at radius 1 is 1.33 bits per heavy atom. The lowest BCUT2D eigenvalue weighted by molar-refractivity contribution is -0.121. The molecule has 3 N–H and O–H groups in total. The Hall–Kier alpha value is -1.88. The zero-order valence-electron chi connectivity index (χ0n) is 12.3. The number of amides is 2. The van der Waals surface area contributed by atoms with Crippen LogP contribution in [-0.2, 0) is 4.79 Å². The molecule has 0 aromatic heterocycles. The van der Waals surface area contributed by atoms with Crippen LogP contribution in [0, 0.1) is 12.8 Å². The second kappa shape index (κ2) is 7.22. The molecule has 0 radical (unpaired) electrons. The summed E-state index contributed by atoms with van der Waals surface area (Å²) >= 11 is 0. The first kappa shape index (κ1) is 15.5. The molecule has 2 atom stereocenters. The average molecular weight is 290 g/mol. The molecule has 114 valence electrons. The van der Waals surface area contributed by atoms with Crippen LogP contribution >= 0.6 is 0 Å². The molecule has 0 saturated heterocycles. The first-order valence-corrected chi connectivity index (χ1v) is 7.35. The third kappa shape index (κ3) is 4.29. The van der Waals surface area contributed by atoms with Gasteiger partial charge in [0.25, 0.3) is 5.91 Å². The van der Waals surface area contributed by atoms with E-state index in [4.69, 9.17) is 0 Å². The van der Waals surface area contributed by atoms with Gasteiger partial charge in [0.1, 0.15) is 0 Å². The molecule has 1 aliphatic rings. The van der Waals surface area contributed by atoms with Crippen molar-refractivity contribution in [3.63, 3.8) is 0 Å². The van der Waals surface area contributed by atoms with Gasteiger partial charge in [-0.3, -0.25) is 9.59 Å². The molecule has 1 aromatic carbocycles. The second-order valence-electron chi connectivity index (χ2n) is 5.60. The number of carbonyl (C=O) groups excluding carboxylic acids is 2. The molecule has 5 heteroatoms. The Balaban J connectivity index is 1.80. The quantitative estimate of drug-likeness (QED) is 0.757. The highest BCUT2D eigenvalue weighted by molar-refractivity contribution is 5.96. The van der Waals surface area contributed by atoms with Crippen LogP contribution in [0.25, 0.3) is 0 Å². The molecule has 0 spiro atoms. The van der Waals surface area contributed by atoms with Crippen molar-refractivity contribution in [2.45, 2.75) is 32.2 Å². The summed E-state index contributed by atoms with van der Waals surface area (Å²) < 4.78 is 0. The zero-order chi connectivity index (χ0) is 15.2. The maximum absolute atomic E-state index is 11.9. The molecule has 1 fully saturated rings. The molecule has 5 nitrogen and oxygen atoms in total. The number of benzene rings is 1. The van der Waals surface area contributed by atoms with E-state index in [-0.39, 0.29) is 36.9 Å². The first-order valence-electron chi connectivity index (χ1n) is 7.35. The van der Waals surface area contributed by atoms with E-state index in [0.717, 1.165) is 24.8 Å². The maximum atomic E-state index is 11.9. The third-order valence-corrected chi connectivity index (χ3v) is 3.93. The average Bonchev–Trinajstić information content (AvgIpc) is 2.92. The molecule has 0 heterocycles. The normalized spacial score (nSPS) is 21.0. The summed E-state index contributed by atoms with van der Waals surface area (Å²) in [5.41, 5.74) is 1.56. The molecule has 0 aliphatic heterocycles. The van der Waals surface area contributed by atoms with Crippen molar-refractivity contribution < 1.29 is 14.7 Å². The lowest BCUT2D eigenvalue weighted by Gasteiger charge is -2.19. The van der Waals surface area contributed by atoms with Crippen LogP contribution in [0.15, 0.2) is 24.3 Å². The Morgan fingerprint density at radius 3 is 2.86 bits per heavy atom. The number of aliphatic hydroxyl groups excluding tert-OH is 1. The van der Waals surface area contributed by atoms with Crippen molar-refractivity contribution in [3.8, 4) is 0 Å². The van der Waals surface area contributed by atoms with E-state index in [9.17, 15) is 14.7 Å². The van der Waals surface area contributed by atoms with Crippen LogP contribution in [0.1, 0.15) is 35.2 Å². The lowest BCUT2D eigenvalue weighted by Crippen LogP contribution is -2.44. The Morgan fingerprint density at radius 2 is 2.14 bits per heavy atom. The van der Waals surface area contributed by atoms with Gasteiger partial charge in [-0.25, -0.2) is 0 Å². The number of hydrogen-bond donors (Lipinski definition) is 3. The standard InChI is InChI=1S/C16H22N2O3/c1-11-4-2-5-12(8-11)16(21)17-9-15(20)18-14-7-3-6-13(14)10-19/h2,4-5,8,13-14,19H,3,6-7,9-10H2,1H3,(H,17,21)(H,18,20).